The van der Waals surface area contributed by atoms with Gasteiger partial charge in [-0.2, -0.15) is 0 Å². The molecule has 0 unspecified atom stereocenters. The number of phenols is 1. The van der Waals surface area contributed by atoms with Crippen LogP contribution in [-0.4, -0.2) is 51.7 Å². The predicted octanol–water partition coefficient (Wildman–Crippen LogP) is 3.84. The van der Waals surface area contributed by atoms with Gasteiger partial charge in [0.05, 0.1) is 19.7 Å². The van der Waals surface area contributed by atoms with Crippen LogP contribution in [0.15, 0.2) is 66.7 Å². The van der Waals surface area contributed by atoms with Crippen LogP contribution in [0.4, 0.5) is 5.69 Å². The molecule has 2 N–H and O–H groups in total. The summed E-state index contributed by atoms with van der Waals surface area (Å²) in [6.45, 7) is 5.38. The molecule has 0 radical (unpaired) electrons. The minimum Gasteiger partial charge on any atom is -0.504 e. The van der Waals surface area contributed by atoms with Crippen LogP contribution >= 0.6 is 0 Å². The number of aromatic nitrogens is 3. The van der Waals surface area contributed by atoms with Crippen LogP contribution in [0, 0.1) is 0 Å². The Balaban J connectivity index is 1.86. The topological polar surface area (TPSA) is 119 Å². The summed E-state index contributed by atoms with van der Waals surface area (Å²) < 4.78 is 12.1. The second-order valence-electron chi connectivity index (χ2n) is 9.77. The first-order chi connectivity index (χ1) is 18.1. The fourth-order valence-electron chi connectivity index (χ4n) is 4.17. The third-order valence-electron chi connectivity index (χ3n) is 5.83. The molecule has 0 aliphatic rings. The van der Waals surface area contributed by atoms with Gasteiger partial charge in [-0.1, -0.05) is 29.5 Å². The molecular formula is C28H31N5O5. The molecule has 10 nitrogen and oxygen atoms in total. The Morgan fingerprint density at radius 3 is 2.47 bits per heavy atom. The van der Waals surface area contributed by atoms with Crippen molar-refractivity contribution in [1.82, 2.24) is 20.3 Å². The van der Waals surface area contributed by atoms with Crippen LogP contribution in [-0.2, 0) is 16.1 Å². The van der Waals surface area contributed by atoms with Crippen molar-refractivity contribution in [2.75, 3.05) is 19.1 Å². The van der Waals surface area contributed by atoms with E-state index in [4.69, 9.17) is 9.47 Å². The van der Waals surface area contributed by atoms with E-state index < -0.39 is 23.4 Å². The molecule has 198 valence electrons. The first kappa shape index (κ1) is 26.5. The highest BCUT2D eigenvalue weighted by molar-refractivity contribution is 6.02. The molecule has 0 bridgehead atoms. The number of nitrogens with one attached hydrogen (secondary N) is 1. The average Bonchev–Trinajstić information content (AvgIpc) is 3.28. The molecule has 38 heavy (non-hydrogen) atoms. The fraction of sp³-hybridized carbons (Fsp3) is 0.286. The van der Waals surface area contributed by atoms with Crippen molar-refractivity contribution in [3.8, 4) is 17.2 Å². The lowest BCUT2D eigenvalue weighted by Crippen LogP contribution is -2.50. The number of benzene rings is 3. The maximum absolute atomic E-state index is 14.1. The molecule has 0 saturated heterocycles. The number of aromatic hydroxyl groups is 1. The quantitative estimate of drug-likeness (QED) is 0.364. The monoisotopic (exact) mass is 517 g/mol. The maximum atomic E-state index is 14.1. The lowest BCUT2D eigenvalue weighted by Gasteiger charge is -2.34. The minimum absolute atomic E-state index is 0.154. The number of rotatable bonds is 8. The van der Waals surface area contributed by atoms with Crippen LogP contribution < -0.4 is 19.7 Å². The number of para-hydroxylation sites is 1. The van der Waals surface area contributed by atoms with Crippen LogP contribution in [0.5, 0.6) is 17.2 Å². The summed E-state index contributed by atoms with van der Waals surface area (Å²) in [6.07, 6.45) is 0. The number of hydrogen-bond acceptors (Lipinski definition) is 7. The zero-order valence-corrected chi connectivity index (χ0v) is 22.0. The smallest absolute Gasteiger partial charge is 0.249 e. The molecule has 0 spiro atoms. The highest BCUT2D eigenvalue weighted by atomic mass is 16.5. The summed E-state index contributed by atoms with van der Waals surface area (Å²) in [5.74, 6) is -0.241. The minimum atomic E-state index is -1.14. The molecule has 4 aromatic rings. The molecule has 10 heteroatoms. The van der Waals surface area contributed by atoms with Crippen molar-refractivity contribution >= 4 is 28.5 Å². The van der Waals surface area contributed by atoms with E-state index in [-0.39, 0.29) is 18.0 Å². The second-order valence-corrected chi connectivity index (χ2v) is 9.77. The highest BCUT2D eigenvalue weighted by Gasteiger charge is 2.35. The number of carbonyl (C=O) groups excluding carboxylic acids is 2. The van der Waals surface area contributed by atoms with E-state index in [0.717, 1.165) is 0 Å². The third kappa shape index (κ3) is 5.69. The lowest BCUT2D eigenvalue weighted by atomic mass is 10.00. The van der Waals surface area contributed by atoms with Crippen LogP contribution in [0.3, 0.4) is 0 Å². The Morgan fingerprint density at radius 2 is 1.79 bits per heavy atom. The predicted molar refractivity (Wildman–Crippen MR) is 143 cm³/mol. The summed E-state index contributed by atoms with van der Waals surface area (Å²) in [6, 6.07) is 17.7. The largest absolute Gasteiger partial charge is 0.504 e. The number of nitrogens with zero attached hydrogens (tertiary/aromatic N) is 4. The molecule has 1 aromatic heterocycles. The molecule has 3 aromatic carbocycles. The molecule has 0 saturated carbocycles. The molecule has 1 atom stereocenters. The standard InChI is InChI=1S/C28H31N5O5/c1-28(2,3)29-27(36)26(18-13-14-24(38-5)23(34)15-18)33(19-9-8-10-20(16-19)37-4)25(35)17-32-22-12-7-6-11-21(22)30-31-32/h6-16,26,34H,17H2,1-5H3,(H,29,36)/t26-/m0/s1. The number of amides is 2. The molecule has 0 fully saturated rings. The van der Waals surface area contributed by atoms with Gasteiger partial charge in [0.25, 0.3) is 0 Å². The molecule has 1 heterocycles. The van der Waals surface area contributed by atoms with Crippen molar-refractivity contribution in [2.24, 2.45) is 0 Å². The van der Waals surface area contributed by atoms with Gasteiger partial charge in [0.2, 0.25) is 11.8 Å². The second kappa shape index (κ2) is 10.8. The van der Waals surface area contributed by atoms with Crippen LogP contribution in [0.2, 0.25) is 0 Å². The van der Waals surface area contributed by atoms with Gasteiger partial charge in [-0.05, 0) is 62.7 Å². The Morgan fingerprint density at radius 1 is 1.03 bits per heavy atom. The number of carbonyl (C=O) groups is 2. The Hall–Kier alpha value is -4.60. The van der Waals surface area contributed by atoms with Gasteiger partial charge in [0, 0.05) is 17.3 Å². The summed E-state index contributed by atoms with van der Waals surface area (Å²) in [4.78, 5) is 29.3. The van der Waals surface area contributed by atoms with E-state index in [2.05, 4.69) is 15.6 Å². The van der Waals surface area contributed by atoms with Gasteiger partial charge in [0.15, 0.2) is 11.5 Å². The first-order valence-electron chi connectivity index (χ1n) is 12.0. The van der Waals surface area contributed by atoms with E-state index in [0.29, 0.717) is 28.0 Å². The van der Waals surface area contributed by atoms with Gasteiger partial charge in [-0.25, -0.2) is 4.68 Å². The normalized spacial score (nSPS) is 12.1. The summed E-state index contributed by atoms with van der Waals surface area (Å²) >= 11 is 0. The number of ether oxygens (including phenoxy) is 2. The zero-order valence-electron chi connectivity index (χ0n) is 22.0. The van der Waals surface area contributed by atoms with Gasteiger partial charge >= 0.3 is 0 Å². The number of methoxy groups -OCH3 is 2. The van der Waals surface area contributed by atoms with Gasteiger partial charge < -0.3 is 19.9 Å². The van der Waals surface area contributed by atoms with E-state index in [1.165, 1.54) is 29.9 Å². The molecule has 0 aliphatic heterocycles. The Labute approximate surface area is 220 Å². The Kier molecular flexibility index (Phi) is 7.52. The summed E-state index contributed by atoms with van der Waals surface area (Å²) in [7, 11) is 2.96. The van der Waals surface area contributed by atoms with E-state index in [1.807, 2.05) is 45.0 Å². The van der Waals surface area contributed by atoms with Gasteiger partial charge in [-0.3, -0.25) is 14.5 Å². The average molecular weight is 518 g/mol. The van der Waals surface area contributed by atoms with Crippen molar-refractivity contribution in [3.05, 3.63) is 72.3 Å². The van der Waals surface area contributed by atoms with Crippen LogP contribution in [0.25, 0.3) is 11.0 Å². The lowest BCUT2D eigenvalue weighted by molar-refractivity contribution is -0.128. The third-order valence-corrected chi connectivity index (χ3v) is 5.83. The highest BCUT2D eigenvalue weighted by Crippen LogP contribution is 2.35. The SMILES string of the molecule is COc1cccc(N(C(=O)Cn2nnc3ccccc32)[C@H](C(=O)NC(C)(C)C)c2ccc(OC)c(O)c2)c1. The van der Waals surface area contributed by atoms with E-state index in [9.17, 15) is 14.7 Å². The van der Waals surface area contributed by atoms with E-state index >= 15 is 0 Å². The van der Waals surface area contributed by atoms with Crippen molar-refractivity contribution < 1.29 is 24.2 Å². The van der Waals surface area contributed by atoms with Crippen LogP contribution in [0.1, 0.15) is 32.4 Å². The first-order valence-corrected chi connectivity index (χ1v) is 12.0. The molecule has 0 aliphatic carbocycles. The maximum Gasteiger partial charge on any atom is 0.249 e. The molecular weight excluding hydrogens is 486 g/mol. The number of hydrogen-bond donors (Lipinski definition) is 2. The number of fused-ring (bicyclic) bond motifs is 1. The summed E-state index contributed by atoms with van der Waals surface area (Å²) in [5, 5.41) is 21.8. The van der Waals surface area contributed by atoms with Crippen molar-refractivity contribution in [2.45, 2.75) is 38.9 Å². The van der Waals surface area contributed by atoms with Gasteiger partial charge in [-0.15, -0.1) is 5.10 Å². The van der Waals surface area contributed by atoms with E-state index in [1.54, 1.807) is 36.4 Å². The van der Waals surface area contributed by atoms with Crippen molar-refractivity contribution in [1.29, 1.82) is 0 Å². The summed E-state index contributed by atoms with van der Waals surface area (Å²) in [5.41, 5.74) is 1.57. The number of anilines is 1. The molecule has 2 amide bonds. The fourth-order valence-corrected chi connectivity index (χ4v) is 4.17. The Bertz CT molecular complexity index is 1460. The zero-order chi connectivity index (χ0) is 27.4. The number of phenolic OH excluding ortho intramolecular Hbond substituents is 1. The van der Waals surface area contributed by atoms with Gasteiger partial charge in [0.1, 0.15) is 23.9 Å². The molecule has 4 rings (SSSR count). The van der Waals surface area contributed by atoms with Crippen molar-refractivity contribution in [3.63, 3.8) is 0 Å².